The summed E-state index contributed by atoms with van der Waals surface area (Å²) < 4.78 is 104. The molecule has 7 aromatic carbocycles. The van der Waals surface area contributed by atoms with Gasteiger partial charge in [0.15, 0.2) is 26.7 Å². The average molecular weight is 1830 g/mol. The molecule has 2 amide bonds. The number of rotatable bonds is 13. The summed E-state index contributed by atoms with van der Waals surface area (Å²) >= 11 is 16.5. The van der Waals surface area contributed by atoms with Gasteiger partial charge in [0.05, 0.1) is 32.3 Å². The zero-order valence-corrected chi connectivity index (χ0v) is 74.0. The number of carbonyl (C=O) groups excluding carboxylic acids is 2. The molecule has 0 unspecified atom stereocenters. The first-order chi connectivity index (χ1) is 52.0. The molecule has 5 N–H and O–H groups in total. The van der Waals surface area contributed by atoms with Crippen LogP contribution in [-0.2, 0) is 9.59 Å². The molecule has 7 aromatic heterocycles. The summed E-state index contributed by atoms with van der Waals surface area (Å²) in [5.74, 6) is -2.57. The number of aryl methyl sites for hydroxylation is 1. The van der Waals surface area contributed by atoms with E-state index in [0.717, 1.165) is 110 Å². The molecule has 16 rings (SSSR count). The quantitative estimate of drug-likeness (QED) is 0.0579. The van der Waals surface area contributed by atoms with Crippen molar-refractivity contribution >= 4 is 200 Å². The molecule has 11 nitrogen and oxygen atoms in total. The highest BCUT2D eigenvalue weighted by atomic mass is 79.9. The SMILES string of the molecule is CC(C)[Si](C(C)C)(C(C)C)n1ccc2c(Br)cc(F)cc21.Cc1c(F)cc2[nH]ccc2c1-c1ccc2nc(NC(=O)[C@@H]3C[C@@H]3F)sc2c1.Cc1c(F)cc2[nH]ccc2c1Br.Cc1c(F)cc2c(ccn2[Si](C(C)C)(C(C)C)C(C)C)c1Br.Cc1ccc2nc(NC(=O)[C@@H]3C[C@@H]3F)sc2c1.Fc1cc(Br)c2cc[nH]c2c1. The minimum Gasteiger partial charge on any atom is -0.373 e. The van der Waals surface area contributed by atoms with Gasteiger partial charge < -0.3 is 34.1 Å². The van der Waals surface area contributed by atoms with Crippen LogP contribution in [0.5, 0.6) is 0 Å². The number of nitrogens with zero attached hydrogens (tertiary/aromatic N) is 4. The van der Waals surface area contributed by atoms with E-state index in [9.17, 15) is 40.3 Å². The number of thiazole rings is 2. The van der Waals surface area contributed by atoms with Gasteiger partial charge in [-0.15, -0.1) is 0 Å². The average Bonchev–Trinajstić information content (AvgIpc) is 1.49. The Morgan fingerprint density at radius 3 is 1.35 bits per heavy atom. The van der Waals surface area contributed by atoms with E-state index in [-0.39, 0.29) is 47.3 Å². The molecule has 2 aliphatic rings. The molecule has 7 heterocycles. The van der Waals surface area contributed by atoms with Crippen LogP contribution in [0.1, 0.15) is 118 Å². The van der Waals surface area contributed by atoms with Crippen LogP contribution in [0.3, 0.4) is 0 Å². The Hall–Kier alpha value is -7.18. The Bertz CT molecular complexity index is 5680. The zero-order chi connectivity index (χ0) is 80.0. The number of benzene rings is 7. The summed E-state index contributed by atoms with van der Waals surface area (Å²) in [7, 11) is -3.68. The minimum atomic E-state index is -1.85. The minimum absolute atomic E-state index is 0.126. The molecular formula is C84H90Br4F7N9O2S2Si2. The van der Waals surface area contributed by atoms with Gasteiger partial charge in [-0.1, -0.05) is 118 Å². The van der Waals surface area contributed by atoms with Gasteiger partial charge in [0.1, 0.15) is 41.4 Å². The molecule has 110 heavy (non-hydrogen) atoms. The van der Waals surface area contributed by atoms with E-state index >= 15 is 0 Å². The van der Waals surface area contributed by atoms with E-state index in [1.54, 1.807) is 50.6 Å². The molecular weight excluding hydrogens is 1740 g/mol. The number of alkyl halides is 2. The van der Waals surface area contributed by atoms with E-state index in [1.807, 2.05) is 68.4 Å². The number of hydrogen-bond acceptors (Lipinski definition) is 6. The van der Waals surface area contributed by atoms with Gasteiger partial charge in [-0.3, -0.25) is 9.59 Å². The number of H-pyrrole nitrogens is 3. The summed E-state index contributed by atoms with van der Waals surface area (Å²) in [6, 6.07) is 32.6. The van der Waals surface area contributed by atoms with Gasteiger partial charge in [-0.05, 0) is 280 Å². The summed E-state index contributed by atoms with van der Waals surface area (Å²) in [5.41, 5.74) is 14.4. The maximum absolute atomic E-state index is 14.3. The maximum Gasteiger partial charge on any atom is 0.232 e. The number of amides is 2. The predicted octanol–water partition coefficient (Wildman–Crippen LogP) is 28.0. The van der Waals surface area contributed by atoms with Gasteiger partial charge in [0, 0.05) is 91.0 Å². The molecule has 0 saturated heterocycles. The van der Waals surface area contributed by atoms with E-state index in [0.29, 0.717) is 66.6 Å². The van der Waals surface area contributed by atoms with E-state index < -0.39 is 40.7 Å². The number of hydrogen-bond donors (Lipinski definition) is 5. The lowest BCUT2D eigenvalue weighted by Crippen LogP contribution is -2.51. The highest BCUT2D eigenvalue weighted by Crippen LogP contribution is 2.48. The van der Waals surface area contributed by atoms with Gasteiger partial charge in [-0.25, -0.2) is 40.7 Å². The number of nitrogens with one attached hydrogen (secondary N) is 5. The molecule has 2 fully saturated rings. The third-order valence-electron chi connectivity index (χ3n) is 21.6. The molecule has 26 heteroatoms. The number of fused-ring (bicyclic) bond motifs is 7. The fourth-order valence-electron chi connectivity index (χ4n) is 16.3. The molecule has 14 aromatic rings. The van der Waals surface area contributed by atoms with Crippen molar-refractivity contribution in [2.75, 3.05) is 10.6 Å². The van der Waals surface area contributed by atoms with Crippen molar-refractivity contribution in [3.63, 3.8) is 0 Å². The van der Waals surface area contributed by atoms with Crippen molar-refractivity contribution in [3.8, 4) is 11.1 Å². The standard InChI is InChI=1S/C20H15F2N3OS.C18H27BrFNSi.C17H25BrFNSi.C12H11FN2OS.C9H7BrFN.C8H5BrFN/c1-9-13(21)8-16-11(4-5-23-16)18(9)10-2-3-15-17(6-10)27-20(24-15)25-19(26)12-7-14(12)22;1-11(2)22(12(3)4,13(5)6)21-9-8-15-17(21)10-16(20)14(7)18(15)19;1-11(2)21(12(3)4,13(5)6)20-8-7-15-16(18)9-14(19)10-17(15)20;1-6-2-3-9-10(4-6)17-12(14-9)15-11(16)7-5-8(7)13;1-5-7(11)4-8-6(9(5)10)2-3-12-8;9-7-3-5(10)4-8-6(7)1-2-11-8/h2-6,8,12,14,23H,7H2,1H3,(H,24,25,26);8-13H,1-7H3;7-13H,1-6H3;2-4,7-8H,5H2,1H3,(H,14,15,16);2-4,12H,1H3;1-4,11H/t12-,14+;;;7-,8+;;/m1..1../s1. The van der Waals surface area contributed by atoms with Crippen LogP contribution in [0, 0.1) is 68.6 Å². The third-order valence-corrected chi connectivity index (χ3v) is 40.4. The topological polar surface area (TPSA) is 141 Å². The maximum atomic E-state index is 14.3. The fourth-order valence-corrected chi connectivity index (χ4v) is 33.5. The Morgan fingerprint density at radius 1 is 0.464 bits per heavy atom. The first-order valence-corrected chi connectivity index (χ1v) is 45.9. The number of anilines is 2. The lowest BCUT2D eigenvalue weighted by molar-refractivity contribution is -0.118. The first kappa shape index (κ1) is 83.8. The number of carbonyl (C=O) groups is 2. The van der Waals surface area contributed by atoms with Crippen molar-refractivity contribution in [1.29, 1.82) is 0 Å². The van der Waals surface area contributed by atoms with E-state index in [4.69, 9.17) is 0 Å². The van der Waals surface area contributed by atoms with Crippen molar-refractivity contribution in [3.05, 3.63) is 209 Å². The van der Waals surface area contributed by atoms with Crippen LogP contribution >= 0.6 is 86.4 Å². The highest BCUT2D eigenvalue weighted by molar-refractivity contribution is 9.11. The van der Waals surface area contributed by atoms with Crippen LogP contribution < -0.4 is 10.6 Å². The Balaban J connectivity index is 0.000000134. The van der Waals surface area contributed by atoms with Crippen LogP contribution in [-0.4, -0.2) is 74.0 Å². The largest absolute Gasteiger partial charge is 0.373 e. The van der Waals surface area contributed by atoms with Crippen LogP contribution in [0.25, 0.3) is 86.1 Å². The molecule has 0 bridgehead atoms. The van der Waals surface area contributed by atoms with Crippen LogP contribution in [0.4, 0.5) is 41.0 Å². The van der Waals surface area contributed by atoms with Gasteiger partial charge in [0.25, 0.3) is 0 Å². The number of aromatic nitrogens is 7. The molecule has 0 radical (unpaired) electrons. The Kier molecular flexibility index (Phi) is 26.1. The normalized spacial score (nSPS) is 15.5. The second-order valence-corrected chi connectivity index (χ2v) is 47.2. The predicted molar refractivity (Wildman–Crippen MR) is 463 cm³/mol. The summed E-state index contributed by atoms with van der Waals surface area (Å²) in [6.45, 7) is 35.3. The van der Waals surface area contributed by atoms with Crippen LogP contribution in [0.2, 0.25) is 33.2 Å². The van der Waals surface area contributed by atoms with Crippen molar-refractivity contribution in [1.82, 2.24) is 33.4 Å². The Morgan fingerprint density at radius 2 is 0.855 bits per heavy atom. The second-order valence-electron chi connectivity index (χ2n) is 30.4. The fraction of sp³-hybridized carbons (Fsp3) is 0.333. The smallest absolute Gasteiger partial charge is 0.232 e. The van der Waals surface area contributed by atoms with Gasteiger partial charge >= 0.3 is 0 Å². The third kappa shape index (κ3) is 17.0. The lowest BCUT2D eigenvalue weighted by atomic mass is 9.96. The van der Waals surface area contributed by atoms with Gasteiger partial charge in [0.2, 0.25) is 11.8 Å². The molecule has 580 valence electrons. The molecule has 2 aliphatic carbocycles. The van der Waals surface area contributed by atoms with Gasteiger partial charge in [-0.2, -0.15) is 0 Å². The van der Waals surface area contributed by atoms with Crippen molar-refractivity contribution in [2.24, 2.45) is 11.8 Å². The zero-order valence-electron chi connectivity index (χ0n) is 64.0. The number of halogens is 11. The summed E-state index contributed by atoms with van der Waals surface area (Å²) in [6.07, 6.45) is 8.38. The first-order valence-electron chi connectivity index (χ1n) is 36.7. The van der Waals surface area contributed by atoms with E-state index in [1.165, 1.54) is 46.9 Å². The monoisotopic (exact) mass is 1830 g/mol. The van der Waals surface area contributed by atoms with E-state index in [2.05, 4.69) is 215 Å². The van der Waals surface area contributed by atoms with Crippen LogP contribution in [0.15, 0.2) is 158 Å². The molecule has 0 spiro atoms. The second kappa shape index (κ2) is 34.3. The molecule has 2 saturated carbocycles. The van der Waals surface area contributed by atoms with Crippen molar-refractivity contribution < 1.29 is 40.3 Å². The molecule has 4 atom stereocenters. The van der Waals surface area contributed by atoms with Crippen molar-refractivity contribution in [2.45, 2.75) is 169 Å². The summed E-state index contributed by atoms with van der Waals surface area (Å²) in [4.78, 5) is 41.1. The summed E-state index contributed by atoms with van der Waals surface area (Å²) in [5, 5.41) is 11.6. The Labute approximate surface area is 680 Å². The molecule has 0 aliphatic heterocycles. The highest BCUT2D eigenvalue weighted by Gasteiger charge is 2.48. The lowest BCUT2D eigenvalue weighted by Gasteiger charge is -2.44. The number of aromatic amines is 3.